The van der Waals surface area contributed by atoms with Crippen molar-refractivity contribution in [1.82, 2.24) is 14.5 Å². The van der Waals surface area contributed by atoms with Crippen LogP contribution in [0.25, 0.3) is 11.0 Å². The Hall–Kier alpha value is -2.76. The molecule has 0 spiro atoms. The maximum absolute atomic E-state index is 12.5. The van der Waals surface area contributed by atoms with E-state index in [1.165, 1.54) is 0 Å². The van der Waals surface area contributed by atoms with Gasteiger partial charge in [-0.25, -0.2) is 4.79 Å². The van der Waals surface area contributed by atoms with Crippen LogP contribution in [-0.2, 0) is 11.3 Å². The summed E-state index contributed by atoms with van der Waals surface area (Å²) < 4.78 is 13.9. The molecule has 5 rings (SSSR count). The Morgan fingerprint density at radius 1 is 1.25 bits per heavy atom. The molecule has 3 unspecified atom stereocenters. The number of allylic oxidation sites excluding steroid dienone is 3. The molecule has 2 aliphatic heterocycles. The summed E-state index contributed by atoms with van der Waals surface area (Å²) in [6.07, 6.45) is 11.1. The Balaban J connectivity index is 1.19. The zero-order valence-electron chi connectivity index (χ0n) is 15.9. The predicted octanol–water partition coefficient (Wildman–Crippen LogP) is 3.78. The van der Waals surface area contributed by atoms with Crippen molar-refractivity contribution >= 4 is 17.1 Å². The van der Waals surface area contributed by atoms with Crippen LogP contribution in [0.15, 0.2) is 48.6 Å². The van der Waals surface area contributed by atoms with Crippen molar-refractivity contribution in [1.29, 1.82) is 0 Å². The van der Waals surface area contributed by atoms with E-state index in [-0.39, 0.29) is 18.1 Å². The number of fused-ring (bicyclic) bond motifs is 3. The highest BCUT2D eigenvalue weighted by molar-refractivity contribution is 5.76. The number of nitrogens with zero attached hydrogens (tertiary/aromatic N) is 3. The fraction of sp³-hybridized carbons (Fsp3) is 0.455. The van der Waals surface area contributed by atoms with Gasteiger partial charge in [-0.2, -0.15) is 4.98 Å². The van der Waals surface area contributed by atoms with Gasteiger partial charge in [0.1, 0.15) is 6.10 Å². The molecule has 1 aliphatic carbocycles. The molecule has 1 saturated heterocycles. The molecular formula is C22H25N3O3. The summed E-state index contributed by atoms with van der Waals surface area (Å²) in [7, 11) is 0. The zero-order chi connectivity index (χ0) is 18.9. The molecule has 6 heteroatoms. The van der Waals surface area contributed by atoms with Gasteiger partial charge < -0.3 is 14.4 Å². The number of aromatic nitrogens is 2. The van der Waals surface area contributed by atoms with Gasteiger partial charge in [0.15, 0.2) is 0 Å². The third-order valence-corrected chi connectivity index (χ3v) is 5.97. The second-order valence-corrected chi connectivity index (χ2v) is 7.88. The molecule has 1 fully saturated rings. The number of likely N-dealkylation sites (tertiary alicyclic amines) is 1. The second kappa shape index (κ2) is 7.34. The number of benzene rings is 1. The highest BCUT2D eigenvalue weighted by atomic mass is 16.6. The average Bonchev–Trinajstić information content (AvgIpc) is 3.31. The molecule has 146 valence electrons. The minimum atomic E-state index is -0.200. The van der Waals surface area contributed by atoms with E-state index in [1.54, 1.807) is 0 Å². The minimum absolute atomic E-state index is 0.0640. The van der Waals surface area contributed by atoms with Gasteiger partial charge in [0.2, 0.25) is 0 Å². The number of hydrogen-bond acceptors (Lipinski definition) is 4. The van der Waals surface area contributed by atoms with Crippen molar-refractivity contribution in [2.75, 3.05) is 19.7 Å². The Morgan fingerprint density at radius 3 is 3.07 bits per heavy atom. The van der Waals surface area contributed by atoms with Crippen LogP contribution >= 0.6 is 0 Å². The summed E-state index contributed by atoms with van der Waals surface area (Å²) in [5.41, 5.74) is 2.08. The molecule has 1 aromatic heterocycles. The van der Waals surface area contributed by atoms with Crippen LogP contribution in [0, 0.1) is 11.8 Å². The largest absolute Gasteiger partial charge is 0.459 e. The monoisotopic (exact) mass is 379 g/mol. The maximum Gasteiger partial charge on any atom is 0.409 e. The number of ether oxygens (including phenoxy) is 2. The van der Waals surface area contributed by atoms with Gasteiger partial charge in [0, 0.05) is 24.9 Å². The van der Waals surface area contributed by atoms with Gasteiger partial charge in [-0.15, -0.1) is 0 Å². The topological polar surface area (TPSA) is 56.6 Å². The number of rotatable bonds is 3. The first kappa shape index (κ1) is 17.3. The average molecular weight is 379 g/mol. The fourth-order valence-corrected chi connectivity index (χ4v) is 4.42. The number of piperidine rings is 1. The lowest BCUT2D eigenvalue weighted by Crippen LogP contribution is -2.45. The first-order valence-corrected chi connectivity index (χ1v) is 10.1. The van der Waals surface area contributed by atoms with Gasteiger partial charge >= 0.3 is 6.09 Å². The van der Waals surface area contributed by atoms with Crippen LogP contribution in [-0.4, -0.2) is 46.3 Å². The van der Waals surface area contributed by atoms with Gasteiger partial charge in [-0.3, -0.25) is 4.57 Å². The van der Waals surface area contributed by atoms with Crippen molar-refractivity contribution in [3.8, 4) is 6.01 Å². The standard InChI is InChI=1S/C22H25N3O3/c26-22(27-15-16-7-2-1-3-8-16)24-12-6-9-17(13-24)20-14-25-19-11-5-4-10-18(19)23-21(25)28-20/h1-5,7,10-11,16-17,20H,6,8-9,12-15H2. The van der Waals surface area contributed by atoms with Crippen LogP contribution in [0.5, 0.6) is 6.01 Å². The number of para-hydroxylation sites is 2. The number of carbonyl (C=O) groups excluding carboxylic acids is 1. The molecule has 0 radical (unpaired) electrons. The fourth-order valence-electron chi connectivity index (χ4n) is 4.42. The lowest BCUT2D eigenvalue weighted by atomic mass is 9.92. The molecule has 0 saturated carbocycles. The van der Waals surface area contributed by atoms with Gasteiger partial charge in [0.25, 0.3) is 6.01 Å². The van der Waals surface area contributed by atoms with E-state index in [2.05, 4.69) is 27.8 Å². The maximum atomic E-state index is 12.5. The quantitative estimate of drug-likeness (QED) is 0.814. The summed E-state index contributed by atoms with van der Waals surface area (Å²) >= 11 is 0. The van der Waals surface area contributed by atoms with E-state index in [4.69, 9.17) is 9.47 Å². The highest BCUT2D eigenvalue weighted by Gasteiger charge is 2.36. The highest BCUT2D eigenvalue weighted by Crippen LogP contribution is 2.33. The number of amides is 1. The van der Waals surface area contributed by atoms with E-state index in [1.807, 2.05) is 35.3 Å². The molecule has 28 heavy (non-hydrogen) atoms. The Labute approximate surface area is 164 Å². The molecule has 0 bridgehead atoms. The van der Waals surface area contributed by atoms with Crippen molar-refractivity contribution in [3.63, 3.8) is 0 Å². The van der Waals surface area contributed by atoms with E-state index in [0.717, 1.165) is 43.4 Å². The summed E-state index contributed by atoms with van der Waals surface area (Å²) in [6.45, 7) is 2.69. The SMILES string of the molecule is O=C(OCC1C=CC=CC1)N1CCCC(C2Cn3c(nc4ccccc43)O2)C1. The van der Waals surface area contributed by atoms with Crippen molar-refractivity contribution in [3.05, 3.63) is 48.6 Å². The van der Waals surface area contributed by atoms with E-state index < -0.39 is 0 Å². The van der Waals surface area contributed by atoms with Crippen LogP contribution in [0.2, 0.25) is 0 Å². The molecule has 1 aromatic carbocycles. The molecule has 3 atom stereocenters. The summed E-state index contributed by atoms with van der Waals surface area (Å²) in [6, 6.07) is 8.81. The second-order valence-electron chi connectivity index (χ2n) is 7.88. The van der Waals surface area contributed by atoms with Gasteiger partial charge in [0.05, 0.1) is 24.2 Å². The van der Waals surface area contributed by atoms with E-state index in [9.17, 15) is 4.79 Å². The Bertz CT molecular complexity index is 932. The van der Waals surface area contributed by atoms with E-state index >= 15 is 0 Å². The van der Waals surface area contributed by atoms with E-state index in [0.29, 0.717) is 25.1 Å². The molecule has 3 aliphatic rings. The number of carbonyl (C=O) groups is 1. The predicted molar refractivity (Wildman–Crippen MR) is 106 cm³/mol. The molecule has 3 heterocycles. The number of imidazole rings is 1. The van der Waals surface area contributed by atoms with Crippen LogP contribution < -0.4 is 4.74 Å². The van der Waals surface area contributed by atoms with Gasteiger partial charge in [-0.1, -0.05) is 36.4 Å². The van der Waals surface area contributed by atoms with Crippen molar-refractivity contribution < 1.29 is 14.3 Å². The third kappa shape index (κ3) is 3.28. The van der Waals surface area contributed by atoms with Gasteiger partial charge in [-0.05, 0) is 31.4 Å². The van der Waals surface area contributed by atoms with Crippen LogP contribution in [0.4, 0.5) is 4.79 Å². The van der Waals surface area contributed by atoms with Crippen molar-refractivity contribution in [2.45, 2.75) is 31.9 Å². The summed E-state index contributed by atoms with van der Waals surface area (Å²) in [4.78, 5) is 19.0. The normalized spacial score (nSPS) is 26.3. The first-order chi connectivity index (χ1) is 13.8. The molecule has 6 nitrogen and oxygen atoms in total. The first-order valence-electron chi connectivity index (χ1n) is 10.1. The Morgan fingerprint density at radius 2 is 2.18 bits per heavy atom. The molecular weight excluding hydrogens is 354 g/mol. The lowest BCUT2D eigenvalue weighted by molar-refractivity contribution is 0.0517. The Kier molecular flexibility index (Phi) is 4.55. The molecule has 1 amide bonds. The summed E-state index contributed by atoms with van der Waals surface area (Å²) in [5.74, 6) is 0.595. The summed E-state index contributed by atoms with van der Waals surface area (Å²) in [5, 5.41) is 0. The molecule has 0 N–H and O–H groups in total. The molecule has 2 aromatic rings. The van der Waals surface area contributed by atoms with Crippen molar-refractivity contribution in [2.24, 2.45) is 11.8 Å². The number of hydrogen-bond donors (Lipinski definition) is 0. The smallest absolute Gasteiger partial charge is 0.409 e. The van der Waals surface area contributed by atoms with Crippen LogP contribution in [0.1, 0.15) is 19.3 Å². The lowest BCUT2D eigenvalue weighted by Gasteiger charge is -2.34. The third-order valence-electron chi connectivity index (χ3n) is 5.97. The minimum Gasteiger partial charge on any atom is -0.459 e. The van der Waals surface area contributed by atoms with Crippen LogP contribution in [0.3, 0.4) is 0 Å². The zero-order valence-corrected chi connectivity index (χ0v) is 15.9.